The molecule has 0 aliphatic carbocycles. The number of anilines is 1. The van der Waals surface area contributed by atoms with Gasteiger partial charge in [0.25, 0.3) is 5.91 Å². The van der Waals surface area contributed by atoms with Gasteiger partial charge in [0.1, 0.15) is 11.5 Å². The van der Waals surface area contributed by atoms with Crippen molar-refractivity contribution in [2.24, 2.45) is 0 Å². The van der Waals surface area contributed by atoms with Gasteiger partial charge in [-0.1, -0.05) is 19.4 Å². The highest BCUT2D eigenvalue weighted by Gasteiger charge is 2.31. The van der Waals surface area contributed by atoms with Crippen LogP contribution in [0.25, 0.3) is 0 Å². The van der Waals surface area contributed by atoms with Gasteiger partial charge in [-0.3, -0.25) is 9.69 Å². The molecule has 0 aromatic heterocycles. The van der Waals surface area contributed by atoms with E-state index in [9.17, 15) is 9.18 Å². The Kier molecular flexibility index (Phi) is 4.27. The van der Waals surface area contributed by atoms with E-state index in [1.165, 1.54) is 29.2 Å². The number of carbonyl (C=O) groups is 1. The maximum atomic E-state index is 12.9. The van der Waals surface area contributed by atoms with Crippen LogP contribution in [0.1, 0.15) is 26.2 Å². The first kappa shape index (κ1) is 13.7. The standard InChI is InChI=1S/C14H15FN2OS/c1-2-3-4-5-12-13(18)17(14(19)16-12)11-8-6-10(15)7-9-11/h5-9H,2-4H2,1H3,(H,16,19)/b12-5+. The van der Waals surface area contributed by atoms with Crippen LogP contribution in [0.4, 0.5) is 10.1 Å². The first-order chi connectivity index (χ1) is 9.13. The zero-order valence-corrected chi connectivity index (χ0v) is 11.5. The van der Waals surface area contributed by atoms with Gasteiger partial charge in [-0.05, 0) is 49.3 Å². The molecule has 1 saturated heterocycles. The fourth-order valence-electron chi connectivity index (χ4n) is 1.85. The summed E-state index contributed by atoms with van der Waals surface area (Å²) in [6.45, 7) is 2.10. The van der Waals surface area contributed by atoms with Crippen LogP contribution in [0.15, 0.2) is 36.0 Å². The molecule has 1 aliphatic rings. The number of nitrogens with zero attached hydrogens (tertiary/aromatic N) is 1. The van der Waals surface area contributed by atoms with Crippen molar-refractivity contribution >= 4 is 28.9 Å². The summed E-state index contributed by atoms with van der Waals surface area (Å²) in [5.74, 6) is -0.527. The lowest BCUT2D eigenvalue weighted by Gasteiger charge is -2.13. The number of hydrogen-bond acceptors (Lipinski definition) is 2. The third-order valence-corrected chi connectivity index (χ3v) is 3.15. The van der Waals surface area contributed by atoms with Gasteiger partial charge in [0.15, 0.2) is 5.11 Å². The molecule has 0 bridgehead atoms. The van der Waals surface area contributed by atoms with Gasteiger partial charge in [-0.25, -0.2) is 4.39 Å². The van der Waals surface area contributed by atoms with Crippen LogP contribution in [0, 0.1) is 5.82 Å². The molecule has 1 aliphatic heterocycles. The van der Waals surface area contributed by atoms with Gasteiger partial charge in [0, 0.05) is 0 Å². The second kappa shape index (κ2) is 5.93. The minimum atomic E-state index is -0.340. The molecule has 1 fully saturated rings. The van der Waals surface area contributed by atoms with Crippen molar-refractivity contribution in [1.82, 2.24) is 5.32 Å². The molecule has 0 atom stereocenters. The van der Waals surface area contributed by atoms with E-state index in [1.807, 2.05) is 6.08 Å². The lowest BCUT2D eigenvalue weighted by atomic mass is 10.2. The second-order valence-corrected chi connectivity index (χ2v) is 4.69. The number of thiocarbonyl (C=S) groups is 1. The Hall–Kier alpha value is -1.75. The SMILES string of the molecule is CCCC/C=C1/NC(=S)N(c2ccc(F)cc2)C1=O. The third kappa shape index (κ3) is 2.98. The van der Waals surface area contributed by atoms with Crippen LogP contribution in [0.5, 0.6) is 0 Å². The summed E-state index contributed by atoms with van der Waals surface area (Å²) in [6, 6.07) is 5.69. The smallest absolute Gasteiger partial charge is 0.280 e. The minimum absolute atomic E-state index is 0.187. The fourth-order valence-corrected chi connectivity index (χ4v) is 2.15. The summed E-state index contributed by atoms with van der Waals surface area (Å²) < 4.78 is 12.9. The molecule has 1 aromatic carbocycles. The number of halogens is 1. The Labute approximate surface area is 117 Å². The summed E-state index contributed by atoms with van der Waals surface area (Å²) in [7, 11) is 0. The number of hydrogen-bond donors (Lipinski definition) is 1. The van der Waals surface area contributed by atoms with Crippen molar-refractivity contribution in [2.75, 3.05) is 4.90 Å². The Balaban J connectivity index is 2.19. The van der Waals surface area contributed by atoms with Crippen LogP contribution >= 0.6 is 12.2 Å². The average molecular weight is 278 g/mol. The molecule has 0 saturated carbocycles. The number of carbonyl (C=O) groups excluding carboxylic acids is 1. The predicted molar refractivity (Wildman–Crippen MR) is 77.2 cm³/mol. The molecule has 0 radical (unpaired) electrons. The molecular weight excluding hydrogens is 263 g/mol. The summed E-state index contributed by atoms with van der Waals surface area (Å²) in [5.41, 5.74) is 1.07. The van der Waals surface area contributed by atoms with Crippen LogP contribution in [0.3, 0.4) is 0 Å². The number of amides is 1. The molecule has 1 N–H and O–H groups in total. The van der Waals surface area contributed by atoms with Crippen molar-refractivity contribution in [3.63, 3.8) is 0 Å². The van der Waals surface area contributed by atoms with Crippen molar-refractivity contribution < 1.29 is 9.18 Å². The molecule has 1 aromatic rings. The van der Waals surface area contributed by atoms with Crippen molar-refractivity contribution in [3.05, 3.63) is 41.9 Å². The first-order valence-electron chi connectivity index (χ1n) is 6.24. The number of allylic oxidation sites excluding steroid dienone is 1. The van der Waals surface area contributed by atoms with Crippen LogP contribution in [-0.4, -0.2) is 11.0 Å². The molecule has 2 rings (SSSR count). The van der Waals surface area contributed by atoms with E-state index in [-0.39, 0.29) is 11.7 Å². The molecule has 1 heterocycles. The van der Waals surface area contributed by atoms with Crippen LogP contribution < -0.4 is 10.2 Å². The lowest BCUT2D eigenvalue weighted by molar-refractivity contribution is -0.113. The van der Waals surface area contributed by atoms with Gasteiger partial charge in [0.05, 0.1) is 5.69 Å². The highest BCUT2D eigenvalue weighted by molar-refractivity contribution is 7.80. The number of nitrogens with one attached hydrogen (secondary N) is 1. The van der Waals surface area contributed by atoms with E-state index >= 15 is 0 Å². The zero-order chi connectivity index (χ0) is 13.8. The summed E-state index contributed by atoms with van der Waals surface area (Å²) >= 11 is 5.15. The number of rotatable bonds is 4. The maximum absolute atomic E-state index is 12.9. The van der Waals surface area contributed by atoms with Gasteiger partial charge in [-0.15, -0.1) is 0 Å². The normalized spacial score (nSPS) is 17.2. The van der Waals surface area contributed by atoms with E-state index < -0.39 is 0 Å². The van der Waals surface area contributed by atoms with E-state index in [1.54, 1.807) is 0 Å². The van der Waals surface area contributed by atoms with Crippen molar-refractivity contribution in [3.8, 4) is 0 Å². The predicted octanol–water partition coefficient (Wildman–Crippen LogP) is 3.12. The van der Waals surface area contributed by atoms with Gasteiger partial charge < -0.3 is 5.32 Å². The fraction of sp³-hybridized carbons (Fsp3) is 0.286. The third-order valence-electron chi connectivity index (χ3n) is 2.87. The highest BCUT2D eigenvalue weighted by atomic mass is 32.1. The topological polar surface area (TPSA) is 32.3 Å². The van der Waals surface area contributed by atoms with E-state index in [2.05, 4.69) is 12.2 Å². The van der Waals surface area contributed by atoms with Gasteiger partial charge in [0.2, 0.25) is 0 Å². The van der Waals surface area contributed by atoms with E-state index in [0.717, 1.165) is 19.3 Å². The van der Waals surface area contributed by atoms with E-state index in [0.29, 0.717) is 16.5 Å². The summed E-state index contributed by atoms with van der Waals surface area (Å²) in [6.07, 6.45) is 4.80. The Morgan fingerprint density at radius 2 is 2.05 bits per heavy atom. The molecule has 0 unspecified atom stereocenters. The zero-order valence-electron chi connectivity index (χ0n) is 10.6. The highest BCUT2D eigenvalue weighted by Crippen LogP contribution is 2.21. The van der Waals surface area contributed by atoms with E-state index in [4.69, 9.17) is 12.2 Å². The Morgan fingerprint density at radius 3 is 2.68 bits per heavy atom. The lowest BCUT2D eigenvalue weighted by Crippen LogP contribution is -2.30. The van der Waals surface area contributed by atoms with Crippen molar-refractivity contribution in [2.45, 2.75) is 26.2 Å². The average Bonchev–Trinajstić information content (AvgIpc) is 2.67. The minimum Gasteiger partial charge on any atom is -0.328 e. The molecule has 5 heteroatoms. The molecule has 100 valence electrons. The van der Waals surface area contributed by atoms with Gasteiger partial charge in [-0.2, -0.15) is 0 Å². The van der Waals surface area contributed by atoms with Gasteiger partial charge >= 0.3 is 0 Å². The maximum Gasteiger partial charge on any atom is 0.280 e. The summed E-state index contributed by atoms with van der Waals surface area (Å²) in [5, 5.41) is 3.23. The Bertz CT molecular complexity index is 525. The summed E-state index contributed by atoms with van der Waals surface area (Å²) in [4.78, 5) is 13.6. The van der Waals surface area contributed by atoms with Crippen molar-refractivity contribution in [1.29, 1.82) is 0 Å². The molecular formula is C14H15FN2OS. The largest absolute Gasteiger partial charge is 0.328 e. The van der Waals surface area contributed by atoms with Crippen LogP contribution in [0.2, 0.25) is 0 Å². The second-order valence-electron chi connectivity index (χ2n) is 4.31. The first-order valence-corrected chi connectivity index (χ1v) is 6.65. The Morgan fingerprint density at radius 1 is 1.37 bits per heavy atom. The quantitative estimate of drug-likeness (QED) is 0.522. The number of unbranched alkanes of at least 4 members (excludes halogenated alkanes) is 2. The molecule has 0 spiro atoms. The monoisotopic (exact) mass is 278 g/mol. The van der Waals surface area contributed by atoms with Crippen LogP contribution in [-0.2, 0) is 4.79 Å². The molecule has 3 nitrogen and oxygen atoms in total. The molecule has 19 heavy (non-hydrogen) atoms. The number of benzene rings is 1. The molecule has 1 amide bonds.